The number of hydrogen-bond acceptors (Lipinski definition) is 4. The minimum Gasteiger partial charge on any atom is -0.382 e. The van der Waals surface area contributed by atoms with Crippen LogP contribution in [-0.2, 0) is 16.3 Å². The van der Waals surface area contributed by atoms with Crippen LogP contribution in [0.5, 0.6) is 0 Å². The number of alkyl halides is 6. The van der Waals surface area contributed by atoms with Crippen molar-refractivity contribution in [1.82, 2.24) is 4.57 Å². The van der Waals surface area contributed by atoms with E-state index in [9.17, 15) is 44.3 Å². The molecule has 5 nitrogen and oxygen atoms in total. The van der Waals surface area contributed by atoms with Crippen LogP contribution in [0.1, 0.15) is 35.8 Å². The van der Waals surface area contributed by atoms with E-state index in [0.29, 0.717) is 18.3 Å². The molecule has 0 bridgehead atoms. The molecule has 1 aromatic heterocycles. The summed E-state index contributed by atoms with van der Waals surface area (Å²) < 4.78 is 120. The van der Waals surface area contributed by atoms with Crippen LogP contribution >= 0.6 is 0 Å². The molecular weight excluding hydrogens is 445 g/mol. The van der Waals surface area contributed by atoms with Gasteiger partial charge in [-0.25, -0.2) is 30.4 Å². The predicted molar refractivity (Wildman–Crippen MR) is 86.7 cm³/mol. The number of sulfone groups is 1. The number of rotatable bonds is 4. The summed E-state index contributed by atoms with van der Waals surface area (Å²) in [5.41, 5.74) is -2.86. The first kappa shape index (κ1) is 22.1. The fraction of sp³-hybridized carbons (Fsp3) is 0.353. The molecule has 162 valence electrons. The highest BCUT2D eigenvalue weighted by molar-refractivity contribution is 7.92. The second-order valence-corrected chi connectivity index (χ2v) is 8.49. The van der Waals surface area contributed by atoms with Crippen LogP contribution in [-0.4, -0.2) is 29.3 Å². The lowest BCUT2D eigenvalue weighted by Crippen LogP contribution is -2.34. The first-order valence-electron chi connectivity index (χ1n) is 8.16. The van der Waals surface area contributed by atoms with Crippen molar-refractivity contribution in [1.29, 1.82) is 5.26 Å². The molecule has 0 spiro atoms. The van der Waals surface area contributed by atoms with E-state index in [1.165, 1.54) is 0 Å². The SMILES string of the molecule is N#CC(F)(F)S(=O)(=O)c1cn(-c2ccc(F)c(C(F)F)c2)c2c1[C@H](O)C(F)(F)CC2. The van der Waals surface area contributed by atoms with Crippen molar-refractivity contribution in [3.63, 3.8) is 0 Å². The second-order valence-electron chi connectivity index (χ2n) is 6.53. The van der Waals surface area contributed by atoms with Gasteiger partial charge in [-0.3, -0.25) is 0 Å². The lowest BCUT2D eigenvalue weighted by Gasteiger charge is -2.29. The Morgan fingerprint density at radius 2 is 1.93 bits per heavy atom. The van der Waals surface area contributed by atoms with Gasteiger partial charge in [0.25, 0.3) is 22.2 Å². The van der Waals surface area contributed by atoms with E-state index in [0.717, 1.165) is 10.6 Å². The lowest BCUT2D eigenvalue weighted by molar-refractivity contribution is -0.123. The molecule has 13 heteroatoms. The molecule has 1 aliphatic rings. The molecule has 0 saturated heterocycles. The normalized spacial score (nSPS) is 18.9. The predicted octanol–water partition coefficient (Wildman–Crippen LogP) is 4.06. The van der Waals surface area contributed by atoms with Gasteiger partial charge in [0, 0.05) is 29.6 Å². The Morgan fingerprint density at radius 1 is 1.30 bits per heavy atom. The molecule has 0 saturated carbocycles. The first-order valence-corrected chi connectivity index (χ1v) is 9.64. The third-order valence-electron chi connectivity index (χ3n) is 4.73. The first-order chi connectivity index (χ1) is 13.7. The summed E-state index contributed by atoms with van der Waals surface area (Å²) in [5.74, 6) is -5.17. The Bertz CT molecular complexity index is 1150. The van der Waals surface area contributed by atoms with Crippen molar-refractivity contribution in [3.05, 3.63) is 47.0 Å². The Labute approximate surface area is 164 Å². The number of benzene rings is 1. The maximum Gasteiger partial charge on any atom is 0.435 e. The Hall–Kier alpha value is -2.59. The maximum absolute atomic E-state index is 14.0. The molecule has 1 atom stereocenters. The molecular formula is C17H11F7N2O3S. The van der Waals surface area contributed by atoms with Crippen LogP contribution in [0.25, 0.3) is 5.69 Å². The van der Waals surface area contributed by atoms with Crippen molar-refractivity contribution >= 4 is 9.84 Å². The number of hydrogen-bond donors (Lipinski definition) is 1. The number of aliphatic hydroxyl groups excluding tert-OH is 1. The lowest BCUT2D eigenvalue weighted by atomic mass is 9.91. The zero-order valence-electron chi connectivity index (χ0n) is 14.6. The monoisotopic (exact) mass is 456 g/mol. The molecule has 0 fully saturated rings. The van der Waals surface area contributed by atoms with E-state index in [1.807, 2.05) is 0 Å². The Morgan fingerprint density at radius 3 is 2.50 bits per heavy atom. The van der Waals surface area contributed by atoms with Gasteiger partial charge in [0.05, 0.1) is 10.5 Å². The summed E-state index contributed by atoms with van der Waals surface area (Å²) in [4.78, 5) is -1.45. The van der Waals surface area contributed by atoms with E-state index in [-0.39, 0.29) is 17.5 Å². The van der Waals surface area contributed by atoms with E-state index in [2.05, 4.69) is 0 Å². The van der Waals surface area contributed by atoms with Crippen LogP contribution in [0.2, 0.25) is 0 Å². The van der Waals surface area contributed by atoms with E-state index in [4.69, 9.17) is 5.26 Å². The van der Waals surface area contributed by atoms with Crippen LogP contribution in [0, 0.1) is 17.1 Å². The largest absolute Gasteiger partial charge is 0.435 e. The van der Waals surface area contributed by atoms with E-state index in [1.54, 1.807) is 0 Å². The molecule has 1 aliphatic carbocycles. The van der Waals surface area contributed by atoms with Crippen molar-refractivity contribution in [2.24, 2.45) is 0 Å². The quantitative estimate of drug-likeness (QED) is 0.704. The van der Waals surface area contributed by atoms with Crippen LogP contribution in [0.3, 0.4) is 0 Å². The minimum absolute atomic E-state index is 0.255. The van der Waals surface area contributed by atoms with Gasteiger partial charge in [-0.15, -0.1) is 0 Å². The fourth-order valence-electron chi connectivity index (χ4n) is 3.21. The van der Waals surface area contributed by atoms with Gasteiger partial charge >= 0.3 is 5.25 Å². The Balaban J connectivity index is 2.34. The standard InChI is InChI=1S/C17H11F7N2O3S/c18-10-2-1-8(5-9(10)15(19)20)26-6-12(30(28,29)17(23,24)7-25)13-11(26)3-4-16(21,22)14(13)27/h1-2,5-6,14-15,27H,3-4H2/t14-/m0/s1. The molecule has 2 aromatic rings. The fourth-order valence-corrected chi connectivity index (χ4v) is 4.37. The number of aliphatic hydroxyl groups is 1. The summed E-state index contributed by atoms with van der Waals surface area (Å²) in [6.07, 6.45) is -7.27. The molecule has 0 radical (unpaired) electrons. The number of nitriles is 1. The highest BCUT2D eigenvalue weighted by Crippen LogP contribution is 2.47. The highest BCUT2D eigenvalue weighted by atomic mass is 32.2. The molecule has 0 amide bonds. The van der Waals surface area contributed by atoms with Gasteiger partial charge in [0.2, 0.25) is 0 Å². The average molecular weight is 456 g/mol. The van der Waals surface area contributed by atoms with Gasteiger partial charge in [-0.05, 0) is 24.6 Å². The third kappa shape index (κ3) is 3.24. The summed E-state index contributed by atoms with van der Waals surface area (Å²) in [6.45, 7) is 0. The third-order valence-corrected chi connectivity index (χ3v) is 6.40. The molecule has 1 aromatic carbocycles. The van der Waals surface area contributed by atoms with Crippen molar-refractivity contribution < 1.29 is 44.3 Å². The summed E-state index contributed by atoms with van der Waals surface area (Å²) in [7, 11) is -5.87. The number of halogens is 7. The molecule has 30 heavy (non-hydrogen) atoms. The summed E-state index contributed by atoms with van der Waals surface area (Å²) in [6, 6.07) is 2.36. The zero-order valence-corrected chi connectivity index (χ0v) is 15.4. The van der Waals surface area contributed by atoms with Gasteiger partial charge in [-0.1, -0.05) is 0 Å². The van der Waals surface area contributed by atoms with Gasteiger partial charge in [-0.2, -0.15) is 14.0 Å². The molecule has 1 N–H and O–H groups in total. The molecule has 0 unspecified atom stereocenters. The Kier molecular flexibility index (Phi) is 5.15. The van der Waals surface area contributed by atoms with Gasteiger partial charge in [0.1, 0.15) is 11.9 Å². The summed E-state index contributed by atoms with van der Waals surface area (Å²) >= 11 is 0. The smallest absolute Gasteiger partial charge is 0.382 e. The maximum atomic E-state index is 14.0. The van der Waals surface area contributed by atoms with E-state index >= 15 is 0 Å². The molecule has 0 aliphatic heterocycles. The van der Waals surface area contributed by atoms with Crippen molar-refractivity contribution in [2.45, 2.75) is 41.4 Å². The van der Waals surface area contributed by atoms with Crippen LogP contribution in [0.15, 0.2) is 29.3 Å². The number of aromatic nitrogens is 1. The van der Waals surface area contributed by atoms with Crippen LogP contribution in [0.4, 0.5) is 30.7 Å². The van der Waals surface area contributed by atoms with E-state index < -0.39 is 68.2 Å². The minimum atomic E-state index is -5.87. The van der Waals surface area contributed by atoms with Crippen molar-refractivity contribution in [2.75, 3.05) is 0 Å². The van der Waals surface area contributed by atoms with Crippen molar-refractivity contribution in [3.8, 4) is 11.8 Å². The number of fused-ring (bicyclic) bond motifs is 1. The highest BCUT2D eigenvalue weighted by Gasteiger charge is 2.53. The topological polar surface area (TPSA) is 83.1 Å². The average Bonchev–Trinajstić information content (AvgIpc) is 3.05. The molecule has 3 rings (SSSR count). The summed E-state index contributed by atoms with van der Waals surface area (Å²) in [5, 5.41) is 13.5. The van der Waals surface area contributed by atoms with Gasteiger partial charge < -0.3 is 9.67 Å². The second kappa shape index (κ2) is 6.98. The molecule has 1 heterocycles. The number of nitrogens with zero attached hydrogens (tertiary/aromatic N) is 2. The van der Waals surface area contributed by atoms with Crippen LogP contribution < -0.4 is 0 Å². The zero-order chi connectivity index (χ0) is 22.6. The van der Waals surface area contributed by atoms with Gasteiger partial charge in [0.15, 0.2) is 6.07 Å².